The van der Waals surface area contributed by atoms with E-state index in [0.29, 0.717) is 19.6 Å². The molecule has 5 rings (SSSR count). The zero-order chi connectivity index (χ0) is 20.5. The van der Waals surface area contributed by atoms with Crippen molar-refractivity contribution in [2.75, 3.05) is 13.1 Å². The number of rotatable bonds is 4. The maximum atomic E-state index is 12.7. The predicted octanol–water partition coefficient (Wildman–Crippen LogP) is 4.16. The van der Waals surface area contributed by atoms with E-state index in [0.717, 1.165) is 34.5 Å². The quantitative estimate of drug-likeness (QED) is 0.557. The van der Waals surface area contributed by atoms with Crippen LogP contribution < -0.4 is 5.32 Å². The molecule has 0 radical (unpaired) electrons. The van der Waals surface area contributed by atoms with E-state index in [2.05, 4.69) is 33.9 Å². The Labute approximate surface area is 174 Å². The third-order valence-corrected chi connectivity index (χ3v) is 5.61. The van der Waals surface area contributed by atoms with E-state index in [1.54, 1.807) is 18.7 Å². The number of nitrogens with one attached hydrogen (secondary N) is 1. The number of amides is 2. The summed E-state index contributed by atoms with van der Waals surface area (Å²) in [6.07, 6.45) is 5.97. The van der Waals surface area contributed by atoms with E-state index >= 15 is 0 Å². The van der Waals surface area contributed by atoms with Gasteiger partial charge in [-0.05, 0) is 37.1 Å². The van der Waals surface area contributed by atoms with Crippen molar-refractivity contribution in [1.82, 2.24) is 24.8 Å². The van der Waals surface area contributed by atoms with Crippen LogP contribution in [-0.2, 0) is 6.54 Å². The lowest BCUT2D eigenvalue weighted by Crippen LogP contribution is -2.38. The van der Waals surface area contributed by atoms with Crippen molar-refractivity contribution >= 4 is 17.2 Å². The number of aryl methyl sites for hydroxylation is 1. The molecule has 30 heavy (non-hydrogen) atoms. The first-order chi connectivity index (χ1) is 14.7. The summed E-state index contributed by atoms with van der Waals surface area (Å²) in [6.45, 7) is 3.89. The molecule has 1 aromatic carbocycles. The summed E-state index contributed by atoms with van der Waals surface area (Å²) >= 11 is 0. The summed E-state index contributed by atoms with van der Waals surface area (Å²) < 4.78 is 7.42. The molecule has 1 aliphatic heterocycles. The molecule has 7 nitrogen and oxygen atoms in total. The van der Waals surface area contributed by atoms with Gasteiger partial charge in [-0.2, -0.15) is 0 Å². The van der Waals surface area contributed by atoms with E-state index < -0.39 is 0 Å². The van der Waals surface area contributed by atoms with Gasteiger partial charge in [0.2, 0.25) is 0 Å². The number of urea groups is 1. The van der Waals surface area contributed by atoms with Gasteiger partial charge in [0.25, 0.3) is 0 Å². The van der Waals surface area contributed by atoms with Crippen LogP contribution in [0.3, 0.4) is 0 Å². The predicted molar refractivity (Wildman–Crippen MR) is 114 cm³/mol. The molecule has 3 aromatic heterocycles. The smallest absolute Gasteiger partial charge is 0.317 e. The van der Waals surface area contributed by atoms with Gasteiger partial charge < -0.3 is 19.2 Å². The van der Waals surface area contributed by atoms with Crippen LogP contribution in [0.4, 0.5) is 4.79 Å². The molecule has 152 valence electrons. The maximum absolute atomic E-state index is 12.7. The highest BCUT2D eigenvalue weighted by Crippen LogP contribution is 2.32. The lowest BCUT2D eigenvalue weighted by Gasteiger charge is -2.19. The zero-order valence-electron chi connectivity index (χ0n) is 16.8. The second-order valence-electron chi connectivity index (χ2n) is 7.70. The second-order valence-corrected chi connectivity index (χ2v) is 7.70. The minimum absolute atomic E-state index is 0.0414. The molecule has 0 unspecified atom stereocenters. The zero-order valence-corrected chi connectivity index (χ0v) is 16.8. The fourth-order valence-electron chi connectivity index (χ4n) is 4.00. The number of fused-ring (bicyclic) bond motifs is 1. The number of nitrogens with zero attached hydrogens (tertiary/aromatic N) is 4. The van der Waals surface area contributed by atoms with Crippen LogP contribution in [0.2, 0.25) is 0 Å². The molecule has 4 aromatic rings. The van der Waals surface area contributed by atoms with Crippen molar-refractivity contribution in [2.45, 2.75) is 25.9 Å². The molecule has 1 aliphatic rings. The standard InChI is InChI=1S/C23H23N5O2/c1-16-4-6-17(7-5-16)13-25-23(29)27-11-8-19(14-27)28-21(18-9-12-30-15-18)26-20-3-2-10-24-22(20)28/h2-7,9-10,12,15,19H,8,11,13-14H2,1H3,(H,25,29)/t19-/m0/s1. The van der Waals surface area contributed by atoms with Crippen LogP contribution in [0, 0.1) is 6.92 Å². The molecule has 7 heteroatoms. The Bertz CT molecular complexity index is 1160. The second kappa shape index (κ2) is 7.67. The first-order valence-electron chi connectivity index (χ1n) is 10.1. The monoisotopic (exact) mass is 401 g/mol. The Balaban J connectivity index is 1.34. The van der Waals surface area contributed by atoms with Gasteiger partial charge in [0.1, 0.15) is 17.6 Å². The van der Waals surface area contributed by atoms with E-state index in [4.69, 9.17) is 9.40 Å². The van der Waals surface area contributed by atoms with Crippen molar-refractivity contribution < 1.29 is 9.21 Å². The highest BCUT2D eigenvalue weighted by atomic mass is 16.3. The van der Waals surface area contributed by atoms with Crippen molar-refractivity contribution in [1.29, 1.82) is 0 Å². The summed E-state index contributed by atoms with van der Waals surface area (Å²) in [6, 6.07) is 14.0. The van der Waals surface area contributed by atoms with Crippen LogP contribution >= 0.6 is 0 Å². The number of benzene rings is 1. The van der Waals surface area contributed by atoms with E-state index in [1.807, 2.05) is 35.2 Å². The Morgan fingerprint density at radius 1 is 1.23 bits per heavy atom. The Morgan fingerprint density at radius 3 is 2.90 bits per heavy atom. The van der Waals surface area contributed by atoms with Gasteiger partial charge in [0, 0.05) is 25.8 Å². The number of carbonyl (C=O) groups excluding carboxylic acids is 1. The molecule has 0 saturated carbocycles. The summed E-state index contributed by atoms with van der Waals surface area (Å²) in [5.41, 5.74) is 4.89. The molecule has 1 atom stereocenters. The third-order valence-electron chi connectivity index (χ3n) is 5.61. The van der Waals surface area contributed by atoms with Crippen molar-refractivity contribution in [3.05, 3.63) is 72.3 Å². The molecule has 1 saturated heterocycles. The normalized spacial score (nSPS) is 16.3. The van der Waals surface area contributed by atoms with Gasteiger partial charge in [-0.25, -0.2) is 14.8 Å². The molecule has 1 fully saturated rings. The first-order valence-corrected chi connectivity index (χ1v) is 10.1. The molecule has 2 amide bonds. The third kappa shape index (κ3) is 3.43. The largest absolute Gasteiger partial charge is 0.472 e. The Hall–Kier alpha value is -3.61. The van der Waals surface area contributed by atoms with Crippen LogP contribution in [0.5, 0.6) is 0 Å². The number of carbonyl (C=O) groups is 1. The van der Waals surface area contributed by atoms with Gasteiger partial charge >= 0.3 is 6.03 Å². The summed E-state index contributed by atoms with van der Waals surface area (Å²) in [5, 5.41) is 3.04. The summed E-state index contributed by atoms with van der Waals surface area (Å²) in [4.78, 5) is 23.9. The molecule has 0 spiro atoms. The number of imidazole rings is 1. The molecular weight excluding hydrogens is 378 g/mol. The summed E-state index contributed by atoms with van der Waals surface area (Å²) in [5.74, 6) is 0.823. The lowest BCUT2D eigenvalue weighted by molar-refractivity contribution is 0.207. The number of pyridine rings is 1. The van der Waals surface area contributed by atoms with Gasteiger partial charge in [-0.1, -0.05) is 29.8 Å². The van der Waals surface area contributed by atoms with Crippen molar-refractivity contribution in [3.8, 4) is 11.4 Å². The van der Waals surface area contributed by atoms with Crippen molar-refractivity contribution in [2.24, 2.45) is 0 Å². The lowest BCUT2D eigenvalue weighted by atomic mass is 10.1. The first kappa shape index (κ1) is 18.4. The van der Waals surface area contributed by atoms with Crippen LogP contribution in [-0.4, -0.2) is 38.6 Å². The maximum Gasteiger partial charge on any atom is 0.317 e. The van der Waals surface area contributed by atoms with Gasteiger partial charge in [0.05, 0.1) is 17.9 Å². The summed E-state index contributed by atoms with van der Waals surface area (Å²) in [7, 11) is 0. The molecule has 0 aliphatic carbocycles. The fourth-order valence-corrected chi connectivity index (χ4v) is 4.00. The van der Waals surface area contributed by atoms with Crippen molar-refractivity contribution in [3.63, 3.8) is 0 Å². The minimum Gasteiger partial charge on any atom is -0.472 e. The Kier molecular flexibility index (Phi) is 4.71. The van der Waals surface area contributed by atoms with Gasteiger partial charge in [0.15, 0.2) is 5.65 Å². The molecule has 1 N–H and O–H groups in total. The highest BCUT2D eigenvalue weighted by Gasteiger charge is 2.31. The number of likely N-dealkylation sites (tertiary alicyclic amines) is 1. The highest BCUT2D eigenvalue weighted by molar-refractivity contribution is 5.78. The van der Waals surface area contributed by atoms with E-state index in [-0.39, 0.29) is 12.1 Å². The molecule has 0 bridgehead atoms. The number of hydrogen-bond acceptors (Lipinski definition) is 4. The Morgan fingerprint density at radius 2 is 2.10 bits per heavy atom. The van der Waals surface area contributed by atoms with Crippen LogP contribution in [0.1, 0.15) is 23.6 Å². The van der Waals surface area contributed by atoms with Crippen LogP contribution in [0.15, 0.2) is 65.6 Å². The molecular formula is C23H23N5O2. The number of aromatic nitrogens is 3. The fraction of sp³-hybridized carbons (Fsp3) is 0.261. The number of hydrogen-bond donors (Lipinski definition) is 1. The van der Waals surface area contributed by atoms with Gasteiger partial charge in [-0.15, -0.1) is 0 Å². The minimum atomic E-state index is -0.0414. The average Bonchev–Trinajstić information content (AvgIpc) is 3.51. The number of furan rings is 1. The topological polar surface area (TPSA) is 76.2 Å². The van der Waals surface area contributed by atoms with E-state index in [9.17, 15) is 4.79 Å². The molecule has 4 heterocycles. The SMILES string of the molecule is Cc1ccc(CNC(=O)N2CC[C@H](n3c(-c4ccoc4)nc4cccnc43)C2)cc1. The van der Waals surface area contributed by atoms with Crippen LogP contribution in [0.25, 0.3) is 22.6 Å². The average molecular weight is 401 g/mol. The van der Waals surface area contributed by atoms with Gasteiger partial charge in [-0.3, -0.25) is 0 Å². The van der Waals surface area contributed by atoms with E-state index in [1.165, 1.54) is 5.56 Å².